The van der Waals surface area contributed by atoms with E-state index < -0.39 is 0 Å². The number of piperidine rings is 1. The summed E-state index contributed by atoms with van der Waals surface area (Å²) >= 11 is 0. The molecular weight excluding hydrogens is 356 g/mol. The van der Waals surface area contributed by atoms with E-state index in [0.29, 0.717) is 25.2 Å². The summed E-state index contributed by atoms with van der Waals surface area (Å²) in [4.78, 5) is 42.6. The highest BCUT2D eigenvalue weighted by Gasteiger charge is 2.28. The Labute approximate surface area is 164 Å². The summed E-state index contributed by atoms with van der Waals surface area (Å²) in [5, 5.41) is 5.58. The first-order valence-electron chi connectivity index (χ1n) is 9.41. The van der Waals surface area contributed by atoms with Crippen molar-refractivity contribution in [3.05, 3.63) is 66.0 Å². The van der Waals surface area contributed by atoms with E-state index in [1.54, 1.807) is 41.6 Å². The lowest BCUT2D eigenvalue weighted by atomic mass is 9.97. The molecule has 1 saturated heterocycles. The molecule has 146 valence electrons. The molecule has 0 unspecified atom stereocenters. The van der Waals surface area contributed by atoms with Gasteiger partial charge in [-0.15, -0.1) is 0 Å². The van der Waals surface area contributed by atoms with Crippen LogP contribution in [0.5, 0.6) is 0 Å². The fraction of sp³-hybridized carbons (Fsp3) is 0.333. The predicted octanol–water partition coefficient (Wildman–Crippen LogP) is 1.37. The fourth-order valence-corrected chi connectivity index (χ4v) is 3.21. The Hall–Kier alpha value is -3.22. The van der Waals surface area contributed by atoms with Crippen molar-refractivity contribution in [3.8, 4) is 0 Å². The molecule has 0 spiro atoms. The van der Waals surface area contributed by atoms with E-state index >= 15 is 0 Å². The third-order valence-corrected chi connectivity index (χ3v) is 4.80. The maximum Gasteiger partial charge on any atom is 0.251 e. The van der Waals surface area contributed by atoms with Crippen molar-refractivity contribution in [2.24, 2.45) is 5.92 Å². The number of nitrogens with one attached hydrogen (secondary N) is 2. The van der Waals surface area contributed by atoms with E-state index in [1.807, 2.05) is 18.2 Å². The summed E-state index contributed by atoms with van der Waals surface area (Å²) in [6.45, 7) is 1.36. The second kappa shape index (κ2) is 9.64. The number of hydrogen-bond donors (Lipinski definition) is 2. The number of rotatable bonds is 6. The SMILES string of the molecule is O=C(NCC(=O)N1CCC[C@H](C(=O)NCc2ccncc2)C1)c1ccccc1. The predicted molar refractivity (Wildman–Crippen MR) is 104 cm³/mol. The van der Waals surface area contributed by atoms with Gasteiger partial charge in [0.25, 0.3) is 5.91 Å². The smallest absolute Gasteiger partial charge is 0.251 e. The van der Waals surface area contributed by atoms with Crippen LogP contribution in [0.2, 0.25) is 0 Å². The monoisotopic (exact) mass is 380 g/mol. The Bertz CT molecular complexity index is 811. The van der Waals surface area contributed by atoms with Crippen molar-refractivity contribution in [2.45, 2.75) is 19.4 Å². The van der Waals surface area contributed by atoms with Gasteiger partial charge in [0.15, 0.2) is 0 Å². The number of aromatic nitrogens is 1. The van der Waals surface area contributed by atoms with E-state index in [4.69, 9.17) is 0 Å². The standard InChI is InChI=1S/C21H24N4O3/c26-19(14-24-20(27)17-5-2-1-3-6-17)25-12-4-7-18(15-25)21(28)23-13-16-8-10-22-11-9-16/h1-3,5-6,8-11,18H,4,7,12-15H2,(H,23,28)(H,24,27)/t18-/m0/s1. The lowest BCUT2D eigenvalue weighted by molar-refractivity contribution is -0.135. The van der Waals surface area contributed by atoms with Gasteiger partial charge in [-0.25, -0.2) is 0 Å². The van der Waals surface area contributed by atoms with E-state index in [0.717, 1.165) is 18.4 Å². The molecule has 1 aromatic carbocycles. The zero-order valence-electron chi connectivity index (χ0n) is 15.6. The number of amides is 3. The van der Waals surface area contributed by atoms with Gasteiger partial charge in [-0.1, -0.05) is 18.2 Å². The van der Waals surface area contributed by atoms with Gasteiger partial charge >= 0.3 is 0 Å². The number of likely N-dealkylation sites (tertiary alicyclic amines) is 1. The van der Waals surface area contributed by atoms with Crippen LogP contribution in [0.3, 0.4) is 0 Å². The van der Waals surface area contributed by atoms with Gasteiger partial charge in [-0.2, -0.15) is 0 Å². The van der Waals surface area contributed by atoms with Crippen LogP contribution in [0.4, 0.5) is 0 Å². The highest BCUT2D eigenvalue weighted by atomic mass is 16.2. The first-order chi connectivity index (χ1) is 13.6. The van der Waals surface area contributed by atoms with E-state index in [2.05, 4.69) is 15.6 Å². The van der Waals surface area contributed by atoms with Crippen molar-refractivity contribution in [1.29, 1.82) is 0 Å². The number of benzene rings is 1. The molecule has 7 heteroatoms. The van der Waals surface area contributed by atoms with Crippen LogP contribution >= 0.6 is 0 Å². The van der Waals surface area contributed by atoms with Crippen molar-refractivity contribution >= 4 is 17.7 Å². The molecule has 1 fully saturated rings. The van der Waals surface area contributed by atoms with Gasteiger partial charge in [-0.05, 0) is 42.7 Å². The fourth-order valence-electron chi connectivity index (χ4n) is 3.21. The number of nitrogens with zero attached hydrogens (tertiary/aromatic N) is 2. The molecular formula is C21H24N4O3. The molecule has 7 nitrogen and oxygen atoms in total. The summed E-state index contributed by atoms with van der Waals surface area (Å²) in [7, 11) is 0. The van der Waals surface area contributed by atoms with Crippen molar-refractivity contribution in [2.75, 3.05) is 19.6 Å². The van der Waals surface area contributed by atoms with Gasteiger partial charge in [0.05, 0.1) is 12.5 Å². The minimum atomic E-state index is -0.280. The highest BCUT2D eigenvalue weighted by Crippen LogP contribution is 2.17. The van der Waals surface area contributed by atoms with Crippen LogP contribution in [0.1, 0.15) is 28.8 Å². The molecule has 2 aromatic rings. The third kappa shape index (κ3) is 5.39. The Balaban J connectivity index is 1.46. The Morgan fingerprint density at radius 1 is 1.04 bits per heavy atom. The minimum absolute atomic E-state index is 0.0531. The topological polar surface area (TPSA) is 91.4 Å². The molecule has 0 saturated carbocycles. The Kier molecular flexibility index (Phi) is 6.73. The van der Waals surface area contributed by atoms with Crippen LogP contribution < -0.4 is 10.6 Å². The quantitative estimate of drug-likeness (QED) is 0.792. The summed E-state index contributed by atoms with van der Waals surface area (Å²) in [6.07, 6.45) is 4.90. The first-order valence-corrected chi connectivity index (χ1v) is 9.41. The van der Waals surface area contributed by atoms with Gasteiger partial charge in [-0.3, -0.25) is 19.4 Å². The second-order valence-electron chi connectivity index (χ2n) is 6.80. The number of carbonyl (C=O) groups excluding carboxylic acids is 3. The van der Waals surface area contributed by atoms with E-state index in [1.165, 1.54) is 0 Å². The lowest BCUT2D eigenvalue weighted by Gasteiger charge is -2.32. The summed E-state index contributed by atoms with van der Waals surface area (Å²) in [5.74, 6) is -0.736. The molecule has 1 aliphatic rings. The largest absolute Gasteiger partial charge is 0.352 e. The highest BCUT2D eigenvalue weighted by molar-refractivity contribution is 5.96. The number of hydrogen-bond acceptors (Lipinski definition) is 4. The normalized spacial score (nSPS) is 16.3. The molecule has 2 heterocycles. The number of carbonyl (C=O) groups is 3. The molecule has 0 radical (unpaired) electrons. The van der Waals surface area contributed by atoms with Gasteiger partial charge in [0.1, 0.15) is 0 Å². The molecule has 1 aromatic heterocycles. The average molecular weight is 380 g/mol. The zero-order chi connectivity index (χ0) is 19.8. The summed E-state index contributed by atoms with van der Waals surface area (Å²) < 4.78 is 0. The van der Waals surface area contributed by atoms with Crippen molar-refractivity contribution in [1.82, 2.24) is 20.5 Å². The maximum atomic E-state index is 12.5. The molecule has 0 bridgehead atoms. The maximum absolute atomic E-state index is 12.5. The second-order valence-corrected chi connectivity index (χ2v) is 6.80. The third-order valence-electron chi connectivity index (χ3n) is 4.80. The summed E-state index contributed by atoms with van der Waals surface area (Å²) in [5.41, 5.74) is 1.50. The average Bonchev–Trinajstić information content (AvgIpc) is 2.77. The molecule has 0 aliphatic carbocycles. The molecule has 1 aliphatic heterocycles. The minimum Gasteiger partial charge on any atom is -0.352 e. The van der Waals surface area contributed by atoms with Gasteiger partial charge < -0.3 is 15.5 Å². The van der Waals surface area contributed by atoms with E-state index in [-0.39, 0.29) is 30.2 Å². The van der Waals surface area contributed by atoms with Crippen LogP contribution in [-0.2, 0) is 16.1 Å². The van der Waals surface area contributed by atoms with Crippen molar-refractivity contribution in [3.63, 3.8) is 0 Å². The summed E-state index contributed by atoms with van der Waals surface area (Å²) in [6, 6.07) is 12.5. The first kappa shape index (κ1) is 19.5. The van der Waals surface area contributed by atoms with Crippen LogP contribution in [0.15, 0.2) is 54.9 Å². The molecule has 3 rings (SSSR count). The van der Waals surface area contributed by atoms with Crippen molar-refractivity contribution < 1.29 is 14.4 Å². The van der Waals surface area contributed by atoms with E-state index in [9.17, 15) is 14.4 Å². The lowest BCUT2D eigenvalue weighted by Crippen LogP contribution is -2.48. The van der Waals surface area contributed by atoms with Crippen LogP contribution in [-0.4, -0.2) is 47.2 Å². The van der Waals surface area contributed by atoms with Gasteiger partial charge in [0.2, 0.25) is 11.8 Å². The molecule has 3 amide bonds. The molecule has 28 heavy (non-hydrogen) atoms. The zero-order valence-corrected chi connectivity index (χ0v) is 15.6. The van der Waals surface area contributed by atoms with Crippen LogP contribution in [0, 0.1) is 5.92 Å². The van der Waals surface area contributed by atoms with Gasteiger partial charge in [0, 0.05) is 37.6 Å². The molecule has 1 atom stereocenters. The number of pyridine rings is 1. The molecule has 2 N–H and O–H groups in total. The Morgan fingerprint density at radius 3 is 2.54 bits per heavy atom. The van der Waals surface area contributed by atoms with Crippen LogP contribution in [0.25, 0.3) is 0 Å². The Morgan fingerprint density at radius 2 is 1.79 bits per heavy atom.